The van der Waals surface area contributed by atoms with E-state index < -0.39 is 23.6 Å². The van der Waals surface area contributed by atoms with Crippen molar-refractivity contribution in [1.82, 2.24) is 0 Å². The predicted octanol–water partition coefficient (Wildman–Crippen LogP) is 1.64. The summed E-state index contributed by atoms with van der Waals surface area (Å²) in [5, 5.41) is 13.8. The Morgan fingerprint density at radius 1 is 1.56 bits per heavy atom. The summed E-state index contributed by atoms with van der Waals surface area (Å²) in [5.74, 6) is -2.76. The van der Waals surface area contributed by atoms with Crippen LogP contribution in [-0.2, 0) is 9.59 Å². The molecule has 18 heavy (non-hydrogen) atoms. The molecule has 0 aliphatic carbocycles. The molecule has 0 saturated heterocycles. The average molecular weight is 250 g/mol. The number of hydrazone groups is 1. The molecule has 0 aromatic heterocycles. The Labute approximate surface area is 103 Å². The van der Waals surface area contributed by atoms with Crippen LogP contribution in [0.2, 0.25) is 0 Å². The van der Waals surface area contributed by atoms with Gasteiger partial charge in [-0.05, 0) is 25.1 Å². The summed E-state index contributed by atoms with van der Waals surface area (Å²) in [6.07, 6.45) is -0.306. The number of hydrogen-bond acceptors (Lipinski definition) is 3. The molecule has 1 unspecified atom stereocenters. The van der Waals surface area contributed by atoms with Crippen molar-refractivity contribution in [2.45, 2.75) is 13.3 Å². The van der Waals surface area contributed by atoms with Crippen LogP contribution in [0.15, 0.2) is 29.4 Å². The maximum absolute atomic E-state index is 13.1. The number of hydrogen-bond donors (Lipinski definition) is 1. The highest BCUT2D eigenvalue weighted by atomic mass is 19.1. The molecule has 0 spiro atoms. The summed E-state index contributed by atoms with van der Waals surface area (Å²) in [5.41, 5.74) is 0.721. The number of halogens is 1. The van der Waals surface area contributed by atoms with Crippen LogP contribution in [0.3, 0.4) is 0 Å². The molecule has 1 amide bonds. The number of carbonyl (C=O) groups is 2. The van der Waals surface area contributed by atoms with E-state index in [1.807, 2.05) is 0 Å². The van der Waals surface area contributed by atoms with Crippen LogP contribution in [0.1, 0.15) is 13.3 Å². The van der Waals surface area contributed by atoms with Crippen LogP contribution in [-0.4, -0.2) is 22.7 Å². The Morgan fingerprint density at radius 3 is 2.89 bits per heavy atom. The van der Waals surface area contributed by atoms with E-state index in [1.54, 1.807) is 13.0 Å². The highest BCUT2D eigenvalue weighted by Gasteiger charge is 2.35. The number of amides is 1. The van der Waals surface area contributed by atoms with Gasteiger partial charge in [0.25, 0.3) is 5.91 Å². The molecular formula is C12H11FN2O3. The quantitative estimate of drug-likeness (QED) is 0.886. The van der Waals surface area contributed by atoms with Gasteiger partial charge in [0.1, 0.15) is 5.82 Å². The number of nitrogens with zero attached hydrogens (tertiary/aromatic N) is 2. The van der Waals surface area contributed by atoms with Gasteiger partial charge < -0.3 is 5.11 Å². The fraction of sp³-hybridized carbons (Fsp3) is 0.250. The summed E-state index contributed by atoms with van der Waals surface area (Å²) < 4.78 is 13.1. The Kier molecular flexibility index (Phi) is 3.10. The molecule has 1 aliphatic heterocycles. The third kappa shape index (κ3) is 2.22. The van der Waals surface area contributed by atoms with Gasteiger partial charge >= 0.3 is 5.97 Å². The lowest BCUT2D eigenvalue weighted by Crippen LogP contribution is -2.28. The zero-order valence-corrected chi connectivity index (χ0v) is 9.63. The van der Waals surface area contributed by atoms with Crippen LogP contribution in [0.5, 0.6) is 0 Å². The second-order valence-electron chi connectivity index (χ2n) is 4.02. The number of benzene rings is 1. The van der Waals surface area contributed by atoms with E-state index in [9.17, 15) is 14.0 Å². The van der Waals surface area contributed by atoms with E-state index in [0.717, 1.165) is 5.01 Å². The number of carbonyl (C=O) groups excluding carboxylic acids is 1. The van der Waals surface area contributed by atoms with Gasteiger partial charge in [-0.25, -0.2) is 9.40 Å². The fourth-order valence-electron chi connectivity index (χ4n) is 1.81. The van der Waals surface area contributed by atoms with E-state index in [1.165, 1.54) is 18.2 Å². The molecular weight excluding hydrogens is 239 g/mol. The monoisotopic (exact) mass is 250 g/mol. The van der Waals surface area contributed by atoms with Gasteiger partial charge in [-0.3, -0.25) is 9.59 Å². The van der Waals surface area contributed by atoms with Gasteiger partial charge in [-0.1, -0.05) is 6.07 Å². The van der Waals surface area contributed by atoms with E-state index >= 15 is 0 Å². The highest BCUT2D eigenvalue weighted by Crippen LogP contribution is 2.25. The molecule has 0 fully saturated rings. The van der Waals surface area contributed by atoms with E-state index in [4.69, 9.17) is 5.11 Å². The first kappa shape index (κ1) is 12.2. The SMILES string of the molecule is CC1=NN(c2cccc(F)c2)C(=O)C1CC(=O)O. The van der Waals surface area contributed by atoms with Crippen molar-refractivity contribution in [2.24, 2.45) is 11.0 Å². The number of anilines is 1. The molecule has 6 heteroatoms. The van der Waals surface area contributed by atoms with Gasteiger partial charge in [0.2, 0.25) is 0 Å². The van der Waals surface area contributed by atoms with E-state index in [-0.39, 0.29) is 6.42 Å². The van der Waals surface area contributed by atoms with Crippen molar-refractivity contribution in [3.63, 3.8) is 0 Å². The first-order valence-electron chi connectivity index (χ1n) is 5.35. The summed E-state index contributed by atoms with van der Waals surface area (Å²) in [6, 6.07) is 5.45. The number of rotatable bonds is 3. The lowest BCUT2D eigenvalue weighted by molar-refractivity contribution is -0.139. The van der Waals surface area contributed by atoms with Crippen molar-refractivity contribution >= 4 is 23.3 Å². The molecule has 1 aromatic carbocycles. The molecule has 2 rings (SSSR count). The molecule has 1 aliphatic rings. The van der Waals surface area contributed by atoms with Gasteiger partial charge in [-0.2, -0.15) is 5.10 Å². The maximum Gasteiger partial charge on any atom is 0.304 e. The lowest BCUT2D eigenvalue weighted by atomic mass is 10.0. The Bertz CT molecular complexity index is 542. The zero-order valence-electron chi connectivity index (χ0n) is 9.63. The Balaban J connectivity index is 2.28. The first-order valence-corrected chi connectivity index (χ1v) is 5.35. The van der Waals surface area contributed by atoms with Gasteiger partial charge in [0, 0.05) is 5.71 Å². The van der Waals surface area contributed by atoms with Crippen LogP contribution >= 0.6 is 0 Å². The van der Waals surface area contributed by atoms with Crippen molar-refractivity contribution in [3.05, 3.63) is 30.1 Å². The minimum atomic E-state index is -1.07. The second kappa shape index (κ2) is 4.56. The van der Waals surface area contributed by atoms with Crippen molar-refractivity contribution < 1.29 is 19.1 Å². The summed E-state index contributed by atoms with van der Waals surface area (Å²) >= 11 is 0. The second-order valence-corrected chi connectivity index (χ2v) is 4.02. The molecule has 1 N–H and O–H groups in total. The molecule has 0 saturated carbocycles. The smallest absolute Gasteiger partial charge is 0.304 e. The van der Waals surface area contributed by atoms with E-state index in [2.05, 4.69) is 5.10 Å². The zero-order chi connectivity index (χ0) is 13.3. The van der Waals surface area contributed by atoms with Gasteiger partial charge in [-0.15, -0.1) is 0 Å². The Morgan fingerprint density at radius 2 is 2.28 bits per heavy atom. The normalized spacial score (nSPS) is 19.0. The van der Waals surface area contributed by atoms with Gasteiger partial charge in [0.15, 0.2) is 0 Å². The summed E-state index contributed by atoms with van der Waals surface area (Å²) in [4.78, 5) is 22.6. The number of carboxylic acids is 1. The van der Waals surface area contributed by atoms with Crippen molar-refractivity contribution in [3.8, 4) is 0 Å². The lowest BCUT2D eigenvalue weighted by Gasteiger charge is -2.13. The van der Waals surface area contributed by atoms with Crippen LogP contribution in [0, 0.1) is 11.7 Å². The number of carboxylic acid groups (broad SMARTS) is 1. The maximum atomic E-state index is 13.1. The largest absolute Gasteiger partial charge is 0.481 e. The minimum Gasteiger partial charge on any atom is -0.481 e. The number of aliphatic carboxylic acids is 1. The predicted molar refractivity (Wildman–Crippen MR) is 62.7 cm³/mol. The van der Waals surface area contributed by atoms with E-state index in [0.29, 0.717) is 11.4 Å². The topological polar surface area (TPSA) is 70.0 Å². The van der Waals surface area contributed by atoms with Crippen molar-refractivity contribution in [2.75, 3.05) is 5.01 Å². The van der Waals surface area contributed by atoms with Gasteiger partial charge in [0.05, 0.1) is 18.0 Å². The third-order valence-electron chi connectivity index (χ3n) is 2.70. The molecule has 0 bridgehead atoms. The molecule has 0 radical (unpaired) electrons. The minimum absolute atomic E-state index is 0.298. The molecule has 5 nitrogen and oxygen atoms in total. The standard InChI is InChI=1S/C12H11FN2O3/c1-7-10(6-11(16)17)12(18)15(14-7)9-4-2-3-8(13)5-9/h2-5,10H,6H2,1H3,(H,16,17). The van der Waals surface area contributed by atoms with Crippen molar-refractivity contribution in [1.29, 1.82) is 0 Å². The van der Waals surface area contributed by atoms with Crippen LogP contribution in [0.4, 0.5) is 10.1 Å². The summed E-state index contributed by atoms with van der Waals surface area (Å²) in [7, 11) is 0. The Hall–Kier alpha value is -2.24. The fourth-order valence-corrected chi connectivity index (χ4v) is 1.81. The molecule has 1 aromatic rings. The molecule has 94 valence electrons. The first-order chi connectivity index (χ1) is 8.49. The summed E-state index contributed by atoms with van der Waals surface area (Å²) in [6.45, 7) is 1.59. The molecule has 1 atom stereocenters. The highest BCUT2D eigenvalue weighted by molar-refractivity contribution is 6.15. The molecule has 1 heterocycles. The van der Waals surface area contributed by atoms with Crippen LogP contribution in [0.25, 0.3) is 0 Å². The third-order valence-corrected chi connectivity index (χ3v) is 2.70. The average Bonchev–Trinajstić information content (AvgIpc) is 2.56. The van der Waals surface area contributed by atoms with Crippen LogP contribution < -0.4 is 5.01 Å².